The van der Waals surface area contributed by atoms with Crippen molar-refractivity contribution in [2.45, 2.75) is 63.0 Å². The molecule has 1 saturated carbocycles. The van der Waals surface area contributed by atoms with Gasteiger partial charge in [-0.2, -0.15) is 0 Å². The summed E-state index contributed by atoms with van der Waals surface area (Å²) in [5.74, 6) is 0. The van der Waals surface area contributed by atoms with Crippen LogP contribution < -0.4 is 9.60 Å². The first-order chi connectivity index (χ1) is 12.5. The van der Waals surface area contributed by atoms with E-state index in [0.717, 1.165) is 29.7 Å². The highest BCUT2D eigenvalue weighted by Crippen LogP contribution is 2.22. The molecule has 144 valence electrons. The monoisotopic (exact) mass is 398 g/mol. The second kappa shape index (κ2) is 8.65. The lowest BCUT2D eigenvalue weighted by Crippen LogP contribution is -2.26. The maximum Gasteiger partial charge on any atom is 0.308 e. The molecule has 0 unspecified atom stereocenters. The van der Waals surface area contributed by atoms with Gasteiger partial charge in [0.25, 0.3) is 0 Å². The Bertz CT molecular complexity index is 896. The van der Waals surface area contributed by atoms with E-state index in [4.69, 9.17) is 4.74 Å². The van der Waals surface area contributed by atoms with Gasteiger partial charge in [-0.05, 0) is 44.4 Å². The van der Waals surface area contributed by atoms with Gasteiger partial charge >= 0.3 is 4.87 Å². The Balaban J connectivity index is 1.56. The lowest BCUT2D eigenvalue weighted by Gasteiger charge is -2.21. The third-order valence-electron chi connectivity index (χ3n) is 4.79. The molecule has 0 bridgehead atoms. The van der Waals surface area contributed by atoms with E-state index in [1.54, 1.807) is 22.8 Å². The Morgan fingerprint density at radius 3 is 2.77 bits per heavy atom. The van der Waals surface area contributed by atoms with E-state index in [0.29, 0.717) is 36.9 Å². The molecule has 26 heavy (non-hydrogen) atoms. The van der Waals surface area contributed by atoms with Gasteiger partial charge in [0.15, 0.2) is 0 Å². The van der Waals surface area contributed by atoms with Crippen LogP contribution in [-0.2, 0) is 21.3 Å². The van der Waals surface area contributed by atoms with Gasteiger partial charge in [0.2, 0.25) is 10.0 Å². The summed E-state index contributed by atoms with van der Waals surface area (Å²) < 4.78 is 35.7. The average Bonchev–Trinajstić information content (AvgIpc) is 2.96. The molecule has 0 aliphatic heterocycles. The van der Waals surface area contributed by atoms with Crippen LogP contribution in [0.1, 0.15) is 45.4 Å². The highest BCUT2D eigenvalue weighted by Gasteiger charge is 2.17. The Morgan fingerprint density at radius 2 is 2.04 bits per heavy atom. The van der Waals surface area contributed by atoms with Gasteiger partial charge < -0.3 is 4.74 Å². The number of rotatable bonds is 8. The third kappa shape index (κ3) is 4.54. The van der Waals surface area contributed by atoms with Crippen LogP contribution in [0.3, 0.4) is 0 Å². The van der Waals surface area contributed by atoms with Gasteiger partial charge in [-0.3, -0.25) is 9.36 Å². The van der Waals surface area contributed by atoms with E-state index < -0.39 is 10.0 Å². The molecule has 1 aromatic carbocycles. The van der Waals surface area contributed by atoms with E-state index in [1.807, 2.05) is 6.92 Å². The minimum Gasteiger partial charge on any atom is -0.378 e. The SMILES string of the molecule is CCn1c(=O)sc2cc(S(=O)(=O)NCCCOC3CCCCC3)ccc21. The molecule has 0 atom stereocenters. The molecule has 0 saturated heterocycles. The molecule has 6 nitrogen and oxygen atoms in total. The number of hydrogen-bond acceptors (Lipinski definition) is 5. The number of aromatic nitrogens is 1. The van der Waals surface area contributed by atoms with Gasteiger partial charge in [0, 0.05) is 19.7 Å². The van der Waals surface area contributed by atoms with Crippen molar-refractivity contribution >= 4 is 31.6 Å². The molecular weight excluding hydrogens is 372 g/mol. The number of aryl methyl sites for hydroxylation is 1. The van der Waals surface area contributed by atoms with Crippen molar-refractivity contribution in [2.24, 2.45) is 0 Å². The normalized spacial score (nSPS) is 16.3. The van der Waals surface area contributed by atoms with Crippen LogP contribution in [0, 0.1) is 0 Å². The van der Waals surface area contributed by atoms with E-state index in [2.05, 4.69) is 4.72 Å². The molecular formula is C18H26N2O4S2. The van der Waals surface area contributed by atoms with E-state index in [9.17, 15) is 13.2 Å². The molecule has 0 amide bonds. The van der Waals surface area contributed by atoms with Crippen molar-refractivity contribution < 1.29 is 13.2 Å². The van der Waals surface area contributed by atoms with Gasteiger partial charge in [-0.15, -0.1) is 0 Å². The first kappa shape index (κ1) is 19.5. The van der Waals surface area contributed by atoms with E-state index in [-0.39, 0.29) is 9.77 Å². The highest BCUT2D eigenvalue weighted by atomic mass is 32.2. The summed E-state index contributed by atoms with van der Waals surface area (Å²) in [4.78, 5) is 12.0. The molecule has 1 aliphatic carbocycles. The minimum atomic E-state index is -3.58. The number of ether oxygens (including phenoxy) is 1. The maximum absolute atomic E-state index is 12.5. The summed E-state index contributed by atoms with van der Waals surface area (Å²) in [7, 11) is -3.58. The molecule has 1 N–H and O–H groups in total. The zero-order valence-electron chi connectivity index (χ0n) is 15.1. The molecule has 1 heterocycles. The smallest absolute Gasteiger partial charge is 0.308 e. The zero-order chi connectivity index (χ0) is 18.6. The second-order valence-corrected chi connectivity index (χ2v) is 9.38. The standard InChI is InChI=1S/C18H26N2O4S2/c1-2-20-16-10-9-15(13-17(16)25-18(20)21)26(22,23)19-11-6-12-24-14-7-4-3-5-8-14/h9-10,13-14,19H,2-8,11-12H2,1H3. The molecule has 1 aliphatic rings. The lowest BCUT2D eigenvalue weighted by atomic mass is 9.98. The van der Waals surface area contributed by atoms with Gasteiger partial charge in [0.1, 0.15) is 0 Å². The van der Waals surface area contributed by atoms with Gasteiger partial charge in [-0.25, -0.2) is 13.1 Å². The number of thiazole rings is 1. The Kier molecular flexibility index (Phi) is 6.50. The van der Waals surface area contributed by atoms with Gasteiger partial charge in [0.05, 0.1) is 21.2 Å². The van der Waals surface area contributed by atoms with Crippen LogP contribution in [0.4, 0.5) is 0 Å². The highest BCUT2D eigenvalue weighted by molar-refractivity contribution is 7.89. The van der Waals surface area contributed by atoms with Crippen LogP contribution in [0.15, 0.2) is 27.9 Å². The van der Waals surface area contributed by atoms with Crippen molar-refractivity contribution in [2.75, 3.05) is 13.2 Å². The predicted octanol–water partition coefficient (Wildman–Crippen LogP) is 3.10. The molecule has 0 radical (unpaired) electrons. The average molecular weight is 399 g/mol. The molecule has 8 heteroatoms. The molecule has 3 rings (SSSR count). The van der Waals surface area contributed by atoms with Crippen LogP contribution >= 0.6 is 11.3 Å². The summed E-state index contributed by atoms with van der Waals surface area (Å²) in [6, 6.07) is 4.84. The third-order valence-corrected chi connectivity index (χ3v) is 7.19. The lowest BCUT2D eigenvalue weighted by molar-refractivity contribution is 0.0278. The van der Waals surface area contributed by atoms with Crippen molar-refractivity contribution in [1.29, 1.82) is 0 Å². The zero-order valence-corrected chi connectivity index (χ0v) is 16.7. The number of hydrogen-bond donors (Lipinski definition) is 1. The fourth-order valence-corrected chi connectivity index (χ4v) is 5.53. The molecule has 1 fully saturated rings. The quantitative estimate of drug-likeness (QED) is 0.693. The van der Waals surface area contributed by atoms with Crippen molar-refractivity contribution in [3.63, 3.8) is 0 Å². The Morgan fingerprint density at radius 1 is 1.27 bits per heavy atom. The summed E-state index contributed by atoms with van der Waals surface area (Å²) in [5, 5.41) is 0. The number of sulfonamides is 1. The van der Waals surface area contributed by atoms with Crippen LogP contribution in [0.25, 0.3) is 10.2 Å². The summed E-state index contributed by atoms with van der Waals surface area (Å²) in [6.45, 7) is 3.39. The fraction of sp³-hybridized carbons (Fsp3) is 0.611. The van der Waals surface area contributed by atoms with Crippen molar-refractivity contribution in [3.8, 4) is 0 Å². The van der Waals surface area contributed by atoms with E-state index in [1.165, 1.54) is 19.3 Å². The molecule has 1 aromatic heterocycles. The van der Waals surface area contributed by atoms with E-state index >= 15 is 0 Å². The van der Waals surface area contributed by atoms with Gasteiger partial charge in [-0.1, -0.05) is 30.6 Å². The second-order valence-electron chi connectivity index (χ2n) is 6.62. The summed E-state index contributed by atoms with van der Waals surface area (Å²) in [5.41, 5.74) is 0.780. The largest absolute Gasteiger partial charge is 0.378 e. The number of benzene rings is 1. The van der Waals surface area contributed by atoms with Crippen LogP contribution in [-0.4, -0.2) is 32.2 Å². The first-order valence-corrected chi connectivity index (χ1v) is 11.6. The van der Waals surface area contributed by atoms with Crippen LogP contribution in [0.5, 0.6) is 0 Å². The molecule has 0 spiro atoms. The number of fused-ring (bicyclic) bond motifs is 1. The maximum atomic E-state index is 12.5. The molecule has 2 aromatic rings. The summed E-state index contributed by atoms with van der Waals surface area (Å²) in [6.07, 6.45) is 6.97. The number of nitrogens with zero attached hydrogens (tertiary/aromatic N) is 1. The Labute approximate surface area is 158 Å². The minimum absolute atomic E-state index is 0.0649. The first-order valence-electron chi connectivity index (χ1n) is 9.26. The Hall–Kier alpha value is -1.22. The van der Waals surface area contributed by atoms with Crippen molar-refractivity contribution in [3.05, 3.63) is 27.9 Å². The fourth-order valence-electron chi connectivity index (χ4n) is 3.36. The van der Waals surface area contributed by atoms with Crippen LogP contribution in [0.2, 0.25) is 0 Å². The summed E-state index contributed by atoms with van der Waals surface area (Å²) >= 11 is 1.08. The topological polar surface area (TPSA) is 77.4 Å². The predicted molar refractivity (Wildman–Crippen MR) is 104 cm³/mol. The number of nitrogens with one attached hydrogen (secondary N) is 1. The van der Waals surface area contributed by atoms with Crippen molar-refractivity contribution in [1.82, 2.24) is 9.29 Å².